The number of nitrogens with one attached hydrogen (secondary N) is 3. The standard InChI is InChI=1S/C48H57N5O12S/c1-2-11-38-36-13-8-14-40(54)37(36)20-22-43(38)62-28-7-3-6-27-61-41-15-9-16-42(39(41)21-24-47(56)57)63-29-10-18-46(55)49-25-30-60-31-26-50-48(58)35-19-23-45(51-32-35)53-52-33-34-12-4-5-17-44(34)66-65-64-59/h2,4-5,9,12,15-17,19-20,22-23,32-33,59H,1,3,6-8,10-11,13-14,18,21,24-31H2,(H,49,55)(H,50,58)(H,51,53)(H,56,57)/b52-33+. The molecule has 0 fully saturated rings. The second kappa shape index (κ2) is 28.6. The first kappa shape index (κ1) is 50.7. The van der Waals surface area contributed by atoms with Gasteiger partial charge in [0.05, 0.1) is 56.9 Å². The van der Waals surface area contributed by atoms with Gasteiger partial charge in [0.2, 0.25) is 5.91 Å². The fourth-order valence-corrected chi connectivity index (χ4v) is 7.46. The number of carbonyl (C=O) groups is 4. The highest BCUT2D eigenvalue weighted by Gasteiger charge is 2.22. The summed E-state index contributed by atoms with van der Waals surface area (Å²) >= 11 is 0.819. The zero-order chi connectivity index (χ0) is 46.8. The normalized spacial score (nSPS) is 12.0. The van der Waals surface area contributed by atoms with Gasteiger partial charge in [-0.1, -0.05) is 35.4 Å². The highest BCUT2D eigenvalue weighted by molar-refractivity contribution is 7.94. The summed E-state index contributed by atoms with van der Waals surface area (Å²) in [5, 5.41) is 31.1. The Kier molecular flexibility index (Phi) is 21.9. The number of hydrogen-bond donors (Lipinski definition) is 5. The van der Waals surface area contributed by atoms with E-state index in [0.29, 0.717) is 77.9 Å². The maximum atomic E-state index is 12.5. The summed E-state index contributed by atoms with van der Waals surface area (Å²) in [4.78, 5) is 53.7. The SMILES string of the molecule is C=CCc1c(OCCCCCOc2cccc(OCCCC(=O)NCCOCCNC(=O)c3ccc(N/N=C/c4ccccc4SOOO)nc3)c2CCC(=O)O)ccc2c1CCCC2=O. The Hall–Kier alpha value is -6.31. The van der Waals surface area contributed by atoms with Crippen LogP contribution < -0.4 is 30.3 Å². The van der Waals surface area contributed by atoms with Gasteiger partial charge in [0.25, 0.3) is 5.91 Å². The number of aromatic nitrogens is 1. The molecule has 5 rings (SSSR count). The Morgan fingerprint density at radius 3 is 2.24 bits per heavy atom. The molecule has 66 heavy (non-hydrogen) atoms. The molecule has 0 aliphatic heterocycles. The number of amides is 2. The van der Waals surface area contributed by atoms with Crippen molar-refractivity contribution >= 4 is 47.6 Å². The molecular formula is C48H57N5O12S. The summed E-state index contributed by atoms with van der Waals surface area (Å²) in [6.45, 7) is 6.16. The van der Waals surface area contributed by atoms with Crippen LogP contribution in [0.2, 0.25) is 0 Å². The second-order valence-electron chi connectivity index (χ2n) is 15.0. The Balaban J connectivity index is 0.927. The van der Waals surface area contributed by atoms with E-state index in [0.717, 1.165) is 66.6 Å². The molecule has 1 aromatic heterocycles. The van der Waals surface area contributed by atoms with Crippen molar-refractivity contribution in [3.8, 4) is 17.2 Å². The van der Waals surface area contributed by atoms with Crippen LogP contribution in [0.5, 0.6) is 17.2 Å². The smallest absolute Gasteiger partial charge is 0.303 e. The number of fused-ring (bicyclic) bond motifs is 1. The van der Waals surface area contributed by atoms with Crippen LogP contribution in [0.25, 0.3) is 0 Å². The molecule has 1 aliphatic rings. The van der Waals surface area contributed by atoms with E-state index in [9.17, 15) is 24.3 Å². The lowest BCUT2D eigenvalue weighted by atomic mass is 9.86. The van der Waals surface area contributed by atoms with Gasteiger partial charge < -0.3 is 34.7 Å². The number of hydrogen-bond acceptors (Lipinski definition) is 15. The van der Waals surface area contributed by atoms with Crippen LogP contribution in [0.15, 0.2) is 95.6 Å². The topological polar surface area (TPSA) is 225 Å². The minimum absolute atomic E-state index is 0.0880. The van der Waals surface area contributed by atoms with Gasteiger partial charge in [-0.2, -0.15) is 5.10 Å². The van der Waals surface area contributed by atoms with Gasteiger partial charge in [-0.3, -0.25) is 24.6 Å². The summed E-state index contributed by atoms with van der Waals surface area (Å²) in [7, 11) is 0. The molecule has 17 nitrogen and oxygen atoms in total. The quantitative estimate of drug-likeness (QED) is 0.00819. The number of nitrogens with zero attached hydrogens (tertiary/aromatic N) is 2. The summed E-state index contributed by atoms with van der Waals surface area (Å²) in [5.41, 5.74) is 7.47. The molecule has 1 heterocycles. The summed E-state index contributed by atoms with van der Waals surface area (Å²) in [6, 6.07) is 19.6. The molecule has 3 aromatic carbocycles. The Morgan fingerprint density at radius 2 is 1.53 bits per heavy atom. The minimum Gasteiger partial charge on any atom is -0.493 e. The number of carbonyl (C=O) groups excluding carboxylic acids is 3. The zero-order valence-electron chi connectivity index (χ0n) is 36.8. The summed E-state index contributed by atoms with van der Waals surface area (Å²) in [6.07, 6.45) is 11.0. The minimum atomic E-state index is -0.929. The first-order valence-corrected chi connectivity index (χ1v) is 22.6. The maximum absolute atomic E-state index is 12.5. The number of hydrazone groups is 1. The molecule has 18 heteroatoms. The van der Waals surface area contributed by atoms with Crippen LogP contribution in [0, 0.1) is 0 Å². The third-order valence-corrected chi connectivity index (χ3v) is 10.9. The highest BCUT2D eigenvalue weighted by Crippen LogP contribution is 2.33. The van der Waals surface area contributed by atoms with Gasteiger partial charge in [0.1, 0.15) is 23.1 Å². The second-order valence-corrected chi connectivity index (χ2v) is 15.7. The highest BCUT2D eigenvalue weighted by atomic mass is 32.2. The van der Waals surface area contributed by atoms with Crippen molar-refractivity contribution < 1.29 is 57.9 Å². The third-order valence-electron chi connectivity index (χ3n) is 10.2. The molecule has 0 saturated carbocycles. The van der Waals surface area contributed by atoms with Gasteiger partial charge in [-0.05, 0) is 99.4 Å². The number of carboxylic acids is 1. The molecule has 0 spiro atoms. The van der Waals surface area contributed by atoms with E-state index >= 15 is 0 Å². The lowest BCUT2D eigenvalue weighted by Gasteiger charge is -2.21. The number of benzene rings is 3. The number of anilines is 1. The largest absolute Gasteiger partial charge is 0.493 e. The van der Waals surface area contributed by atoms with Crippen LogP contribution >= 0.6 is 12.0 Å². The number of ether oxygens (including phenoxy) is 4. The monoisotopic (exact) mass is 927 g/mol. The van der Waals surface area contributed by atoms with E-state index in [-0.39, 0.29) is 63.2 Å². The van der Waals surface area contributed by atoms with Crippen molar-refractivity contribution in [2.24, 2.45) is 5.10 Å². The van der Waals surface area contributed by atoms with Crippen molar-refractivity contribution in [3.05, 3.63) is 119 Å². The van der Waals surface area contributed by atoms with Crippen molar-refractivity contribution in [1.29, 1.82) is 0 Å². The van der Waals surface area contributed by atoms with Crippen molar-refractivity contribution in [2.45, 2.75) is 75.5 Å². The lowest BCUT2D eigenvalue weighted by Crippen LogP contribution is -2.30. The average molecular weight is 928 g/mol. The average Bonchev–Trinajstić information content (AvgIpc) is 3.32. The van der Waals surface area contributed by atoms with Crippen LogP contribution in [-0.4, -0.2) is 91.3 Å². The lowest BCUT2D eigenvalue weighted by molar-refractivity contribution is -0.432. The van der Waals surface area contributed by atoms with E-state index in [4.69, 9.17) is 24.2 Å². The van der Waals surface area contributed by atoms with Gasteiger partial charge in [0, 0.05) is 65.7 Å². The van der Waals surface area contributed by atoms with Gasteiger partial charge in [0.15, 0.2) is 5.78 Å². The number of carboxylic acid groups (broad SMARTS) is 1. The number of allylic oxidation sites excluding steroid dienone is 1. The van der Waals surface area contributed by atoms with E-state index in [1.807, 2.05) is 30.3 Å². The van der Waals surface area contributed by atoms with Crippen LogP contribution in [0.1, 0.15) is 94.3 Å². The molecule has 5 N–H and O–H groups in total. The van der Waals surface area contributed by atoms with Gasteiger partial charge in [-0.25, -0.2) is 10.2 Å². The number of rotatable bonds is 31. The fraction of sp³-hybridized carbons (Fsp3) is 0.375. The van der Waals surface area contributed by atoms with E-state index < -0.39 is 5.97 Å². The van der Waals surface area contributed by atoms with E-state index in [2.05, 4.69) is 42.1 Å². The molecular weight excluding hydrogens is 871 g/mol. The van der Waals surface area contributed by atoms with Crippen molar-refractivity contribution in [3.63, 3.8) is 0 Å². The Labute approximate surface area is 388 Å². The molecule has 0 atom stereocenters. The molecule has 0 radical (unpaired) electrons. The Morgan fingerprint density at radius 1 is 0.803 bits per heavy atom. The zero-order valence-corrected chi connectivity index (χ0v) is 37.6. The molecule has 0 bridgehead atoms. The summed E-state index contributed by atoms with van der Waals surface area (Å²) in [5.74, 6) is 1.10. The van der Waals surface area contributed by atoms with Crippen LogP contribution in [0.4, 0.5) is 5.82 Å². The molecule has 352 valence electrons. The third kappa shape index (κ3) is 16.9. The molecule has 0 saturated heterocycles. The predicted octanol–water partition coefficient (Wildman–Crippen LogP) is 7.57. The summed E-state index contributed by atoms with van der Waals surface area (Å²) < 4.78 is 28.3. The van der Waals surface area contributed by atoms with Gasteiger partial charge >= 0.3 is 5.97 Å². The number of pyridine rings is 1. The van der Waals surface area contributed by atoms with E-state index in [1.54, 1.807) is 48.7 Å². The van der Waals surface area contributed by atoms with E-state index in [1.165, 1.54) is 6.20 Å². The predicted molar refractivity (Wildman–Crippen MR) is 248 cm³/mol. The number of ketones is 1. The van der Waals surface area contributed by atoms with Crippen LogP contribution in [-0.2, 0) is 43.0 Å². The fourth-order valence-electron chi connectivity index (χ4n) is 7.01. The van der Waals surface area contributed by atoms with Crippen molar-refractivity contribution in [2.75, 3.05) is 51.5 Å². The van der Waals surface area contributed by atoms with Crippen molar-refractivity contribution in [1.82, 2.24) is 15.6 Å². The molecule has 2 amide bonds. The maximum Gasteiger partial charge on any atom is 0.303 e. The number of unbranched alkanes of at least 4 members (excludes halogenated alkanes) is 2. The number of aliphatic carboxylic acids is 1. The molecule has 4 aromatic rings. The number of Topliss-reactive ketones (excluding diaryl/α,β-unsaturated/α-hetero) is 1. The van der Waals surface area contributed by atoms with Gasteiger partial charge in [-0.15, -0.1) is 10.9 Å². The molecule has 1 aliphatic carbocycles. The molecule has 0 unspecified atom stereocenters. The first-order chi connectivity index (χ1) is 32.3. The first-order valence-electron chi connectivity index (χ1n) is 21.9. The Bertz CT molecular complexity index is 2240. The van der Waals surface area contributed by atoms with Crippen LogP contribution in [0.3, 0.4) is 0 Å².